The summed E-state index contributed by atoms with van der Waals surface area (Å²) in [5.41, 5.74) is 7.14. The van der Waals surface area contributed by atoms with Crippen LogP contribution in [0.2, 0.25) is 0 Å². The second kappa shape index (κ2) is 11.7. The summed E-state index contributed by atoms with van der Waals surface area (Å²) in [6.07, 6.45) is 0.981. The molecule has 1 saturated heterocycles. The maximum Gasteiger partial charge on any atom is 0.331 e. The minimum absolute atomic E-state index is 0.0221. The van der Waals surface area contributed by atoms with Gasteiger partial charge in [-0.2, -0.15) is 5.26 Å². The van der Waals surface area contributed by atoms with E-state index in [1.807, 2.05) is 48.5 Å². The summed E-state index contributed by atoms with van der Waals surface area (Å²) < 4.78 is 38.2. The van der Waals surface area contributed by atoms with E-state index in [2.05, 4.69) is 11.0 Å². The third kappa shape index (κ3) is 5.43. The Kier molecular flexibility index (Phi) is 7.79. The van der Waals surface area contributed by atoms with Crippen molar-refractivity contribution in [2.24, 2.45) is 5.73 Å². The Morgan fingerprint density at radius 2 is 1.63 bits per heavy atom. The van der Waals surface area contributed by atoms with Crippen molar-refractivity contribution < 1.29 is 13.5 Å². The van der Waals surface area contributed by atoms with E-state index in [1.165, 1.54) is 10.6 Å². The molecule has 10 heteroatoms. The molecule has 1 fully saturated rings. The van der Waals surface area contributed by atoms with Crippen LogP contribution in [0.5, 0.6) is 0 Å². The molecule has 0 bridgehead atoms. The molecule has 4 aromatic rings. The summed E-state index contributed by atoms with van der Waals surface area (Å²) in [5, 5.41) is 9.25. The van der Waals surface area contributed by atoms with Crippen molar-refractivity contribution in [3.05, 3.63) is 139 Å². The fourth-order valence-corrected chi connectivity index (χ4v) is 6.26. The molecule has 6 rings (SSSR count). The lowest BCUT2D eigenvalue weighted by Gasteiger charge is -2.39. The monoisotopic (exact) mass is 583 g/mol. The molecule has 0 saturated carbocycles. The molecule has 0 aliphatic carbocycles. The van der Waals surface area contributed by atoms with Crippen LogP contribution in [0.25, 0.3) is 0 Å². The summed E-state index contributed by atoms with van der Waals surface area (Å²) >= 11 is 0. The summed E-state index contributed by atoms with van der Waals surface area (Å²) in [6.45, 7) is 1.35. The molecule has 0 radical (unpaired) electrons. The molecule has 0 amide bonds. The number of nitrogens with zero attached hydrogens (tertiary/aromatic N) is 4. The predicted octanol–water partition coefficient (Wildman–Crippen LogP) is 3.93. The molecule has 1 unspecified atom stereocenters. The van der Waals surface area contributed by atoms with Crippen molar-refractivity contribution in [2.75, 3.05) is 13.1 Å². The fourth-order valence-electron chi connectivity index (χ4n) is 6.26. The third-order valence-corrected chi connectivity index (χ3v) is 8.59. The van der Waals surface area contributed by atoms with Crippen molar-refractivity contribution in [3.8, 4) is 6.07 Å². The Labute approximate surface area is 247 Å². The molecule has 1 atom stereocenters. The van der Waals surface area contributed by atoms with Crippen LogP contribution in [0.3, 0.4) is 0 Å². The summed E-state index contributed by atoms with van der Waals surface area (Å²) in [7, 11) is 0. The van der Waals surface area contributed by atoms with Gasteiger partial charge in [0.1, 0.15) is 17.2 Å². The quantitative estimate of drug-likeness (QED) is 0.354. The molecule has 220 valence electrons. The maximum atomic E-state index is 14.8. The number of halogens is 2. The van der Waals surface area contributed by atoms with Gasteiger partial charge in [0, 0.05) is 31.2 Å². The van der Waals surface area contributed by atoms with Crippen molar-refractivity contribution >= 4 is 0 Å². The van der Waals surface area contributed by atoms with E-state index in [1.54, 1.807) is 6.07 Å². The first-order chi connectivity index (χ1) is 20.8. The van der Waals surface area contributed by atoms with Gasteiger partial charge in [0.15, 0.2) is 0 Å². The van der Waals surface area contributed by atoms with Gasteiger partial charge in [-0.15, -0.1) is 0 Å². The van der Waals surface area contributed by atoms with E-state index < -0.39 is 34.5 Å². The highest BCUT2D eigenvalue weighted by molar-refractivity contribution is 5.34. The molecule has 3 aromatic carbocycles. The lowest BCUT2D eigenvalue weighted by atomic mass is 9.85. The number of hydrogen-bond donors (Lipinski definition) is 1. The number of benzene rings is 3. The van der Waals surface area contributed by atoms with Gasteiger partial charge in [0.25, 0.3) is 5.56 Å². The number of rotatable bonds is 7. The zero-order valence-electron chi connectivity index (χ0n) is 23.5. The highest BCUT2D eigenvalue weighted by atomic mass is 19.1. The van der Waals surface area contributed by atoms with Gasteiger partial charge in [-0.3, -0.25) is 18.8 Å². The Hall–Kier alpha value is -4.43. The van der Waals surface area contributed by atoms with Crippen LogP contribution in [-0.2, 0) is 36.6 Å². The Morgan fingerprint density at radius 1 is 0.930 bits per heavy atom. The fraction of sp³-hybridized carbons (Fsp3) is 0.303. The van der Waals surface area contributed by atoms with Gasteiger partial charge >= 0.3 is 5.69 Å². The standard InChI is InChI=1S/C33H31F2N5O3/c34-26-10-5-11-27(35)25(26)19-39-29-21-43-33(12-14-38(15-13-33)18-23-7-4-6-22(16-23)17-36)30(29)31(41)40(32(39)42)20-28(37)24-8-2-1-3-9-24/h1-11,16,28H,12-15,18-21,37H2. The molecule has 2 aliphatic heterocycles. The predicted molar refractivity (Wildman–Crippen MR) is 156 cm³/mol. The van der Waals surface area contributed by atoms with E-state index in [9.17, 15) is 23.6 Å². The molecular weight excluding hydrogens is 552 g/mol. The van der Waals surface area contributed by atoms with Gasteiger partial charge in [-0.1, -0.05) is 48.5 Å². The first-order valence-electron chi connectivity index (χ1n) is 14.3. The Morgan fingerprint density at radius 3 is 2.33 bits per heavy atom. The van der Waals surface area contributed by atoms with Crippen molar-refractivity contribution in [3.63, 3.8) is 0 Å². The average molecular weight is 584 g/mol. The number of nitriles is 1. The van der Waals surface area contributed by atoms with Gasteiger partial charge < -0.3 is 10.5 Å². The Bertz CT molecular complexity index is 1800. The molecule has 2 N–H and O–H groups in total. The second-order valence-electron chi connectivity index (χ2n) is 11.2. The first kappa shape index (κ1) is 28.7. The number of nitrogens with two attached hydrogens (primary N) is 1. The third-order valence-electron chi connectivity index (χ3n) is 8.59. The van der Waals surface area contributed by atoms with Gasteiger partial charge in [-0.05, 0) is 48.2 Å². The molecule has 1 spiro atoms. The van der Waals surface area contributed by atoms with Crippen LogP contribution in [0.1, 0.15) is 52.4 Å². The molecule has 1 aromatic heterocycles. The molecule has 43 heavy (non-hydrogen) atoms. The van der Waals surface area contributed by atoms with E-state index in [-0.39, 0.29) is 25.3 Å². The summed E-state index contributed by atoms with van der Waals surface area (Å²) in [4.78, 5) is 30.2. The largest absolute Gasteiger partial charge is 0.364 e. The van der Waals surface area contributed by atoms with Crippen molar-refractivity contribution in [1.29, 1.82) is 5.26 Å². The second-order valence-corrected chi connectivity index (χ2v) is 11.2. The van der Waals surface area contributed by atoms with E-state index in [0.717, 1.165) is 27.8 Å². The average Bonchev–Trinajstić information content (AvgIpc) is 3.39. The van der Waals surface area contributed by atoms with Crippen LogP contribution < -0.4 is 17.0 Å². The maximum absolute atomic E-state index is 14.8. The minimum atomic E-state index is -0.945. The van der Waals surface area contributed by atoms with E-state index in [0.29, 0.717) is 49.3 Å². The highest BCUT2D eigenvalue weighted by Gasteiger charge is 2.47. The van der Waals surface area contributed by atoms with Crippen LogP contribution in [0.4, 0.5) is 8.78 Å². The zero-order valence-corrected chi connectivity index (χ0v) is 23.5. The topological polar surface area (TPSA) is 106 Å². The number of likely N-dealkylation sites (tertiary alicyclic amines) is 1. The number of hydrogen-bond acceptors (Lipinski definition) is 6. The first-order valence-corrected chi connectivity index (χ1v) is 14.3. The van der Waals surface area contributed by atoms with Crippen LogP contribution >= 0.6 is 0 Å². The van der Waals surface area contributed by atoms with Gasteiger partial charge in [0.2, 0.25) is 0 Å². The van der Waals surface area contributed by atoms with Gasteiger partial charge in [0.05, 0.1) is 42.6 Å². The SMILES string of the molecule is N#Cc1cccc(CN2CCC3(CC2)OCc2c3c(=O)n(CC(N)c3ccccc3)c(=O)n2Cc2c(F)cccc2F)c1. The Balaban J connectivity index is 1.38. The smallest absolute Gasteiger partial charge is 0.331 e. The molecule has 3 heterocycles. The molecular formula is C33H31F2N5O3. The normalized spacial score (nSPS) is 16.6. The lowest BCUT2D eigenvalue weighted by Crippen LogP contribution is -2.49. The van der Waals surface area contributed by atoms with Crippen LogP contribution in [0, 0.1) is 23.0 Å². The number of aromatic nitrogens is 2. The number of piperidine rings is 1. The molecule has 2 aliphatic rings. The summed E-state index contributed by atoms with van der Waals surface area (Å²) in [6, 6.07) is 21.7. The molecule has 8 nitrogen and oxygen atoms in total. The summed E-state index contributed by atoms with van der Waals surface area (Å²) in [5.74, 6) is -1.55. The van der Waals surface area contributed by atoms with Gasteiger partial charge in [-0.25, -0.2) is 13.6 Å². The number of ether oxygens (including phenoxy) is 1. The zero-order chi connectivity index (χ0) is 30.1. The lowest BCUT2D eigenvalue weighted by molar-refractivity contribution is -0.0810. The van der Waals surface area contributed by atoms with Crippen LogP contribution in [-0.4, -0.2) is 27.1 Å². The minimum Gasteiger partial charge on any atom is -0.364 e. The van der Waals surface area contributed by atoms with Crippen molar-refractivity contribution in [2.45, 2.75) is 50.7 Å². The highest BCUT2D eigenvalue weighted by Crippen LogP contribution is 2.42. The van der Waals surface area contributed by atoms with Crippen LogP contribution in [0.15, 0.2) is 82.4 Å². The van der Waals surface area contributed by atoms with E-state index >= 15 is 0 Å². The van der Waals surface area contributed by atoms with E-state index in [4.69, 9.17) is 10.5 Å². The number of fused-ring (bicyclic) bond motifs is 2. The van der Waals surface area contributed by atoms with Crippen molar-refractivity contribution in [1.82, 2.24) is 14.0 Å².